The quantitative estimate of drug-likeness (QED) is 0.396. The molecule has 0 bridgehead atoms. The summed E-state index contributed by atoms with van der Waals surface area (Å²) in [5.74, 6) is 1.73. The highest BCUT2D eigenvalue weighted by atomic mass is 35.5. The van der Waals surface area contributed by atoms with Crippen LogP contribution in [-0.2, 0) is 4.74 Å². The molecule has 2 aliphatic heterocycles. The number of nitrogens with zero attached hydrogens (tertiary/aromatic N) is 1. The minimum atomic E-state index is -0.465. The summed E-state index contributed by atoms with van der Waals surface area (Å²) in [6, 6.07) is 15.6. The molecule has 0 aromatic heterocycles. The van der Waals surface area contributed by atoms with Gasteiger partial charge in [0.05, 0.1) is 0 Å². The second kappa shape index (κ2) is 15.1. The van der Waals surface area contributed by atoms with Gasteiger partial charge < -0.3 is 24.4 Å². The zero-order valence-electron chi connectivity index (χ0n) is 22.9. The molecule has 2 aromatic carbocycles. The molecule has 2 saturated heterocycles. The molecule has 2 heterocycles. The molecule has 0 saturated carbocycles. The van der Waals surface area contributed by atoms with Gasteiger partial charge in [-0.3, -0.25) is 0 Å². The minimum Gasteiger partial charge on any atom is -0.490 e. The van der Waals surface area contributed by atoms with Crippen LogP contribution in [0.15, 0.2) is 48.5 Å². The molecule has 6 nitrogen and oxygen atoms in total. The molecule has 1 N–H and O–H groups in total. The summed E-state index contributed by atoms with van der Waals surface area (Å²) >= 11 is 11.7. The summed E-state index contributed by atoms with van der Waals surface area (Å²) in [6.07, 6.45) is 3.94. The van der Waals surface area contributed by atoms with Gasteiger partial charge in [0.2, 0.25) is 0 Å². The Morgan fingerprint density at radius 2 is 1.37 bits per heavy atom. The molecule has 0 aliphatic carbocycles. The molecule has 9 heteroatoms. The number of piperidine rings is 2. The van der Waals surface area contributed by atoms with E-state index < -0.39 is 5.60 Å². The molecule has 2 aromatic rings. The van der Waals surface area contributed by atoms with Crippen LogP contribution in [0.1, 0.15) is 60.3 Å². The maximum absolute atomic E-state index is 12.2. The van der Waals surface area contributed by atoms with E-state index in [9.17, 15) is 4.79 Å². The van der Waals surface area contributed by atoms with Crippen LogP contribution in [0.2, 0.25) is 10.0 Å². The van der Waals surface area contributed by atoms with Gasteiger partial charge in [-0.2, -0.15) is 0 Å². The van der Waals surface area contributed by atoms with Crippen LogP contribution < -0.4 is 14.8 Å². The SMILES string of the molecule is CC1CC(Oc2ccc(Cl)cc2)CCN1.CC1CC(Oc2ccc(Cl)cc2)CCN1C(=O)OC(C)(C)C.Cl. The van der Waals surface area contributed by atoms with Crippen molar-refractivity contribution in [3.8, 4) is 11.5 Å². The number of amides is 1. The number of halogens is 3. The van der Waals surface area contributed by atoms with Crippen molar-refractivity contribution >= 4 is 41.7 Å². The molecule has 0 spiro atoms. The number of carbonyl (C=O) groups is 1. The molecule has 2 aliphatic rings. The predicted molar refractivity (Wildman–Crippen MR) is 157 cm³/mol. The monoisotopic (exact) mass is 586 g/mol. The van der Waals surface area contributed by atoms with Gasteiger partial charge in [-0.15, -0.1) is 12.4 Å². The molecule has 0 radical (unpaired) electrons. The first kappa shape index (κ1) is 32.4. The number of rotatable bonds is 4. The fourth-order valence-electron chi connectivity index (χ4n) is 4.43. The van der Waals surface area contributed by atoms with E-state index >= 15 is 0 Å². The van der Waals surface area contributed by atoms with E-state index in [-0.39, 0.29) is 30.6 Å². The third-order valence-corrected chi connectivity index (χ3v) is 6.77. The van der Waals surface area contributed by atoms with Crippen molar-refractivity contribution < 1.29 is 19.0 Å². The van der Waals surface area contributed by atoms with Gasteiger partial charge in [0.15, 0.2) is 0 Å². The van der Waals surface area contributed by atoms with Crippen molar-refractivity contribution in [3.05, 3.63) is 58.6 Å². The van der Waals surface area contributed by atoms with E-state index in [1.807, 2.05) is 76.2 Å². The van der Waals surface area contributed by atoms with Gasteiger partial charge in [-0.1, -0.05) is 23.2 Å². The summed E-state index contributed by atoms with van der Waals surface area (Å²) in [7, 11) is 0. The number of benzene rings is 2. The van der Waals surface area contributed by atoms with E-state index in [1.54, 1.807) is 4.90 Å². The Morgan fingerprint density at radius 1 is 0.868 bits per heavy atom. The fraction of sp³-hybridized carbons (Fsp3) is 0.552. The van der Waals surface area contributed by atoms with Crippen LogP contribution in [0.25, 0.3) is 0 Å². The minimum absolute atomic E-state index is 0. The van der Waals surface area contributed by atoms with Gasteiger partial charge in [-0.25, -0.2) is 4.79 Å². The van der Waals surface area contributed by atoms with Crippen LogP contribution in [0.5, 0.6) is 11.5 Å². The maximum Gasteiger partial charge on any atom is 0.410 e. The molecule has 4 atom stereocenters. The zero-order valence-corrected chi connectivity index (χ0v) is 25.2. The Labute approximate surface area is 243 Å². The molecule has 4 rings (SSSR count). The molecular formula is C29H41Cl3N2O4. The van der Waals surface area contributed by atoms with Crippen molar-refractivity contribution in [2.75, 3.05) is 13.1 Å². The summed E-state index contributed by atoms with van der Waals surface area (Å²) in [6.45, 7) is 11.6. The van der Waals surface area contributed by atoms with E-state index in [1.165, 1.54) is 0 Å². The lowest BCUT2D eigenvalue weighted by Gasteiger charge is -2.38. The lowest BCUT2D eigenvalue weighted by Crippen LogP contribution is -2.49. The highest BCUT2D eigenvalue weighted by molar-refractivity contribution is 6.30. The topological polar surface area (TPSA) is 60.0 Å². The Hall–Kier alpha value is -1.86. The van der Waals surface area contributed by atoms with Gasteiger partial charge >= 0.3 is 6.09 Å². The number of nitrogens with one attached hydrogen (secondary N) is 1. The number of likely N-dealkylation sites (tertiary alicyclic amines) is 1. The highest BCUT2D eigenvalue weighted by Crippen LogP contribution is 2.25. The van der Waals surface area contributed by atoms with Crippen molar-refractivity contribution in [2.24, 2.45) is 0 Å². The van der Waals surface area contributed by atoms with Gasteiger partial charge in [-0.05, 0) is 103 Å². The van der Waals surface area contributed by atoms with Gasteiger partial charge in [0, 0.05) is 41.5 Å². The van der Waals surface area contributed by atoms with Crippen LogP contribution >= 0.6 is 35.6 Å². The Kier molecular flexibility index (Phi) is 12.8. The van der Waals surface area contributed by atoms with Crippen molar-refractivity contribution in [2.45, 2.75) is 90.2 Å². The number of carbonyl (C=O) groups excluding carboxylic acids is 1. The number of hydrogen-bond acceptors (Lipinski definition) is 5. The molecule has 4 unspecified atom stereocenters. The Balaban J connectivity index is 0.000000277. The first-order valence-corrected chi connectivity index (χ1v) is 13.8. The smallest absolute Gasteiger partial charge is 0.410 e. The Bertz CT molecular complexity index is 983. The molecular weight excluding hydrogens is 547 g/mol. The maximum atomic E-state index is 12.2. The average Bonchev–Trinajstić information content (AvgIpc) is 2.81. The third-order valence-electron chi connectivity index (χ3n) is 6.26. The molecule has 1 amide bonds. The summed E-state index contributed by atoms with van der Waals surface area (Å²) in [5.41, 5.74) is -0.465. The second-order valence-corrected chi connectivity index (χ2v) is 11.7. The van der Waals surface area contributed by atoms with E-state index in [4.69, 9.17) is 37.4 Å². The molecule has 38 heavy (non-hydrogen) atoms. The zero-order chi connectivity index (χ0) is 27.0. The van der Waals surface area contributed by atoms with Crippen molar-refractivity contribution in [1.82, 2.24) is 10.2 Å². The van der Waals surface area contributed by atoms with Crippen LogP contribution in [0.4, 0.5) is 4.79 Å². The lowest BCUT2D eigenvalue weighted by atomic mass is 10.0. The van der Waals surface area contributed by atoms with Crippen LogP contribution in [0.3, 0.4) is 0 Å². The van der Waals surface area contributed by atoms with E-state index in [0.717, 1.165) is 48.7 Å². The third kappa shape index (κ3) is 11.1. The summed E-state index contributed by atoms with van der Waals surface area (Å²) in [5, 5.41) is 4.85. The normalized spacial score (nSPS) is 23.3. The highest BCUT2D eigenvalue weighted by Gasteiger charge is 2.32. The summed E-state index contributed by atoms with van der Waals surface area (Å²) < 4.78 is 17.3. The second-order valence-electron chi connectivity index (χ2n) is 10.8. The van der Waals surface area contributed by atoms with Crippen LogP contribution in [-0.4, -0.2) is 54.0 Å². The Morgan fingerprint density at radius 3 is 1.82 bits per heavy atom. The van der Waals surface area contributed by atoms with E-state index in [0.29, 0.717) is 23.7 Å². The van der Waals surface area contributed by atoms with Crippen molar-refractivity contribution in [1.29, 1.82) is 0 Å². The van der Waals surface area contributed by atoms with Crippen molar-refractivity contribution in [3.63, 3.8) is 0 Å². The van der Waals surface area contributed by atoms with E-state index in [2.05, 4.69) is 12.2 Å². The number of hydrogen-bond donors (Lipinski definition) is 1. The molecule has 212 valence electrons. The van der Waals surface area contributed by atoms with Gasteiger partial charge in [0.25, 0.3) is 0 Å². The van der Waals surface area contributed by atoms with Crippen LogP contribution in [0, 0.1) is 0 Å². The summed E-state index contributed by atoms with van der Waals surface area (Å²) in [4.78, 5) is 14.0. The largest absolute Gasteiger partial charge is 0.490 e. The first-order chi connectivity index (χ1) is 17.5. The lowest BCUT2D eigenvalue weighted by molar-refractivity contribution is -0.00103. The molecule has 2 fully saturated rings. The predicted octanol–water partition coefficient (Wildman–Crippen LogP) is 7.79. The first-order valence-electron chi connectivity index (χ1n) is 13.1. The number of ether oxygens (including phenoxy) is 3. The van der Waals surface area contributed by atoms with Gasteiger partial charge in [0.1, 0.15) is 29.3 Å². The standard InChI is InChI=1S/C17H24ClNO3.C12H16ClNO.ClH/c1-12-11-15(21-14-7-5-13(18)6-8-14)9-10-19(12)16(20)22-17(2,3)4;1-9-8-12(6-7-14-9)15-11-4-2-10(13)3-5-11;/h5-8,12,15H,9-11H2,1-4H3;2-5,9,12,14H,6-8H2,1H3;1H. The fourth-order valence-corrected chi connectivity index (χ4v) is 4.68. The average molecular weight is 588 g/mol.